The van der Waals surface area contributed by atoms with Crippen molar-refractivity contribution in [2.24, 2.45) is 0 Å². The molecule has 1 aliphatic rings. The summed E-state index contributed by atoms with van der Waals surface area (Å²) in [6.07, 6.45) is 6.82. The first kappa shape index (κ1) is 17.1. The van der Waals surface area contributed by atoms with Crippen molar-refractivity contribution in [1.82, 2.24) is 15.6 Å². The molecule has 3 rings (SSSR count). The third kappa shape index (κ3) is 5.41. The van der Waals surface area contributed by atoms with E-state index in [0.29, 0.717) is 31.0 Å². The molecule has 1 aromatic heterocycles. The summed E-state index contributed by atoms with van der Waals surface area (Å²) in [5.74, 6) is -0.0445. The van der Waals surface area contributed by atoms with Gasteiger partial charge < -0.3 is 10.6 Å². The molecule has 0 bridgehead atoms. The molecule has 25 heavy (non-hydrogen) atoms. The Labute approximate surface area is 147 Å². The van der Waals surface area contributed by atoms with E-state index in [4.69, 9.17) is 0 Å². The Hall–Kier alpha value is -2.69. The first-order valence-electron chi connectivity index (χ1n) is 8.67. The maximum absolute atomic E-state index is 12.1. The molecule has 0 spiro atoms. The van der Waals surface area contributed by atoms with Crippen molar-refractivity contribution < 1.29 is 9.59 Å². The van der Waals surface area contributed by atoms with Gasteiger partial charge in [-0.1, -0.05) is 18.2 Å². The average molecular weight is 337 g/mol. The summed E-state index contributed by atoms with van der Waals surface area (Å²) in [6, 6.07) is 9.78. The zero-order valence-electron chi connectivity index (χ0n) is 14.4. The standard InChI is InChI=1S/C20H23N3O2/c1-14-9-16(12-21-11-14)5-8-19(24)22-13-15-3-2-4-17(10-15)20(25)23-18-6-7-18/h2-4,9-12,18H,5-8,13H2,1H3,(H,22,24)(H,23,25). The Morgan fingerprint density at radius 3 is 2.76 bits per heavy atom. The van der Waals surface area contributed by atoms with Gasteiger partial charge in [0.2, 0.25) is 5.91 Å². The van der Waals surface area contributed by atoms with Crippen molar-refractivity contribution in [3.8, 4) is 0 Å². The number of carbonyl (C=O) groups excluding carboxylic acids is 2. The zero-order valence-corrected chi connectivity index (χ0v) is 14.4. The van der Waals surface area contributed by atoms with Gasteiger partial charge in [0.05, 0.1) is 0 Å². The van der Waals surface area contributed by atoms with Gasteiger partial charge in [-0.15, -0.1) is 0 Å². The SMILES string of the molecule is Cc1cncc(CCC(=O)NCc2cccc(C(=O)NC3CC3)c2)c1. The number of amides is 2. The van der Waals surface area contributed by atoms with E-state index < -0.39 is 0 Å². The molecule has 2 N–H and O–H groups in total. The molecule has 1 saturated carbocycles. The molecule has 1 aliphatic carbocycles. The number of hydrogen-bond acceptors (Lipinski definition) is 3. The number of nitrogens with zero attached hydrogens (tertiary/aromatic N) is 1. The van der Waals surface area contributed by atoms with Gasteiger partial charge >= 0.3 is 0 Å². The van der Waals surface area contributed by atoms with Crippen molar-refractivity contribution in [3.05, 3.63) is 65.0 Å². The van der Waals surface area contributed by atoms with Crippen LogP contribution in [-0.4, -0.2) is 22.8 Å². The van der Waals surface area contributed by atoms with Crippen LogP contribution in [0.25, 0.3) is 0 Å². The Balaban J connectivity index is 1.47. The smallest absolute Gasteiger partial charge is 0.251 e. The van der Waals surface area contributed by atoms with Crippen LogP contribution < -0.4 is 10.6 Å². The van der Waals surface area contributed by atoms with Crippen LogP contribution in [0.1, 0.15) is 46.3 Å². The van der Waals surface area contributed by atoms with E-state index in [-0.39, 0.29) is 11.8 Å². The number of rotatable bonds is 7. The second kappa shape index (κ2) is 7.92. The second-order valence-electron chi connectivity index (χ2n) is 6.60. The lowest BCUT2D eigenvalue weighted by atomic mass is 10.1. The highest BCUT2D eigenvalue weighted by atomic mass is 16.2. The van der Waals surface area contributed by atoms with Crippen LogP contribution in [0.2, 0.25) is 0 Å². The number of aromatic nitrogens is 1. The number of nitrogens with one attached hydrogen (secondary N) is 2. The van der Waals surface area contributed by atoms with E-state index in [9.17, 15) is 9.59 Å². The van der Waals surface area contributed by atoms with Crippen molar-refractivity contribution in [2.75, 3.05) is 0 Å². The number of pyridine rings is 1. The number of benzene rings is 1. The summed E-state index contributed by atoms with van der Waals surface area (Å²) in [7, 11) is 0. The van der Waals surface area contributed by atoms with E-state index in [1.54, 1.807) is 18.5 Å². The molecule has 1 heterocycles. The van der Waals surface area contributed by atoms with Crippen molar-refractivity contribution in [3.63, 3.8) is 0 Å². The minimum Gasteiger partial charge on any atom is -0.352 e. The maximum Gasteiger partial charge on any atom is 0.251 e. The fourth-order valence-corrected chi connectivity index (χ4v) is 2.62. The van der Waals surface area contributed by atoms with E-state index in [2.05, 4.69) is 15.6 Å². The van der Waals surface area contributed by atoms with E-state index in [1.807, 2.05) is 31.2 Å². The molecule has 1 aromatic carbocycles. The van der Waals surface area contributed by atoms with Gasteiger partial charge in [0.15, 0.2) is 0 Å². The lowest BCUT2D eigenvalue weighted by Crippen LogP contribution is -2.26. The Morgan fingerprint density at radius 2 is 2.00 bits per heavy atom. The van der Waals surface area contributed by atoms with Gasteiger partial charge in [0.25, 0.3) is 5.91 Å². The summed E-state index contributed by atoms with van der Waals surface area (Å²) in [4.78, 5) is 28.2. The number of aryl methyl sites for hydroxylation is 2. The lowest BCUT2D eigenvalue weighted by molar-refractivity contribution is -0.121. The normalized spacial score (nSPS) is 13.3. The molecule has 0 saturated heterocycles. The quantitative estimate of drug-likeness (QED) is 0.815. The number of carbonyl (C=O) groups is 2. The fraction of sp³-hybridized carbons (Fsp3) is 0.350. The molecule has 0 aliphatic heterocycles. The molecular formula is C20H23N3O2. The van der Waals surface area contributed by atoms with E-state index in [1.165, 1.54) is 0 Å². The van der Waals surface area contributed by atoms with Crippen LogP contribution in [0.4, 0.5) is 0 Å². The van der Waals surface area contributed by atoms with Crippen LogP contribution in [0, 0.1) is 6.92 Å². The molecule has 2 amide bonds. The minimum absolute atomic E-state index is 0.00524. The lowest BCUT2D eigenvalue weighted by Gasteiger charge is -2.08. The highest BCUT2D eigenvalue weighted by Gasteiger charge is 2.23. The molecule has 1 fully saturated rings. The van der Waals surface area contributed by atoms with Crippen LogP contribution in [0.3, 0.4) is 0 Å². The predicted octanol–water partition coefficient (Wildman–Crippen LogP) is 2.53. The van der Waals surface area contributed by atoms with E-state index in [0.717, 1.165) is 29.5 Å². The van der Waals surface area contributed by atoms with Crippen LogP contribution in [-0.2, 0) is 17.8 Å². The summed E-state index contributed by atoms with van der Waals surface area (Å²) < 4.78 is 0. The fourth-order valence-electron chi connectivity index (χ4n) is 2.62. The van der Waals surface area contributed by atoms with Crippen LogP contribution in [0.15, 0.2) is 42.7 Å². The van der Waals surface area contributed by atoms with Gasteiger partial charge in [-0.3, -0.25) is 14.6 Å². The largest absolute Gasteiger partial charge is 0.352 e. The summed E-state index contributed by atoms with van der Waals surface area (Å²) in [5.41, 5.74) is 3.73. The maximum atomic E-state index is 12.1. The van der Waals surface area contributed by atoms with Gasteiger partial charge in [-0.25, -0.2) is 0 Å². The van der Waals surface area contributed by atoms with Gasteiger partial charge in [0, 0.05) is 37.0 Å². The highest BCUT2D eigenvalue weighted by Crippen LogP contribution is 2.19. The Kier molecular flexibility index (Phi) is 5.43. The van der Waals surface area contributed by atoms with Gasteiger partial charge in [0.1, 0.15) is 0 Å². The van der Waals surface area contributed by atoms with Crippen molar-refractivity contribution in [2.45, 2.75) is 45.2 Å². The first-order chi connectivity index (χ1) is 12.1. The predicted molar refractivity (Wildman–Crippen MR) is 96.1 cm³/mol. The molecule has 0 radical (unpaired) electrons. The molecule has 2 aromatic rings. The number of hydrogen-bond donors (Lipinski definition) is 2. The Morgan fingerprint density at radius 1 is 1.16 bits per heavy atom. The Bertz CT molecular complexity index is 769. The molecule has 5 heteroatoms. The molecule has 5 nitrogen and oxygen atoms in total. The summed E-state index contributed by atoms with van der Waals surface area (Å²) in [5, 5.41) is 5.89. The van der Waals surface area contributed by atoms with Gasteiger partial charge in [-0.2, -0.15) is 0 Å². The van der Waals surface area contributed by atoms with Gasteiger partial charge in [-0.05, 0) is 55.0 Å². The molecule has 0 unspecified atom stereocenters. The molecule has 0 atom stereocenters. The van der Waals surface area contributed by atoms with Crippen LogP contribution in [0.5, 0.6) is 0 Å². The molecular weight excluding hydrogens is 314 g/mol. The van der Waals surface area contributed by atoms with E-state index >= 15 is 0 Å². The average Bonchev–Trinajstić information content (AvgIpc) is 3.42. The van der Waals surface area contributed by atoms with Crippen LogP contribution >= 0.6 is 0 Å². The third-order valence-electron chi connectivity index (χ3n) is 4.16. The summed E-state index contributed by atoms with van der Waals surface area (Å²) in [6.45, 7) is 2.42. The summed E-state index contributed by atoms with van der Waals surface area (Å²) >= 11 is 0. The first-order valence-corrected chi connectivity index (χ1v) is 8.67. The zero-order chi connectivity index (χ0) is 17.6. The van der Waals surface area contributed by atoms with Crippen molar-refractivity contribution >= 4 is 11.8 Å². The topological polar surface area (TPSA) is 71.1 Å². The van der Waals surface area contributed by atoms with Crippen molar-refractivity contribution in [1.29, 1.82) is 0 Å². The highest BCUT2D eigenvalue weighted by molar-refractivity contribution is 5.94. The monoisotopic (exact) mass is 337 g/mol. The third-order valence-corrected chi connectivity index (χ3v) is 4.16. The minimum atomic E-state index is -0.0392. The second-order valence-corrected chi connectivity index (χ2v) is 6.60. The molecule has 130 valence electrons.